The molecule has 4 rings (SSSR count). The minimum Gasteiger partial charge on any atom is -0.324 e. The van der Waals surface area contributed by atoms with Crippen LogP contribution in [0.4, 0.5) is 14.5 Å². The highest BCUT2D eigenvalue weighted by Crippen LogP contribution is 2.38. The summed E-state index contributed by atoms with van der Waals surface area (Å²) in [4.78, 5) is 4.13. The lowest BCUT2D eigenvalue weighted by atomic mass is 9.91. The SMILES string of the molecule is C[C@@H](c1ccccc1F)c1c(F)ccc2c1NC(=NCc1cccc(S(C)(=O)=O)c1)NS2(=O)=O. The molecule has 0 bridgehead atoms. The predicted octanol–water partition coefficient (Wildman–Crippen LogP) is 3.78. The second-order valence-electron chi connectivity index (χ2n) is 7.89. The number of aliphatic imine (C=N–C) groups is 1. The van der Waals surface area contributed by atoms with Crippen LogP contribution in [0.15, 0.2) is 75.4 Å². The second-order valence-corrected chi connectivity index (χ2v) is 11.6. The third-order valence-corrected chi connectivity index (χ3v) is 7.96. The van der Waals surface area contributed by atoms with Gasteiger partial charge in [0.25, 0.3) is 10.0 Å². The Morgan fingerprint density at radius 2 is 1.74 bits per heavy atom. The van der Waals surface area contributed by atoms with Gasteiger partial charge < -0.3 is 5.32 Å². The Bertz CT molecular complexity index is 1520. The van der Waals surface area contributed by atoms with Crippen molar-refractivity contribution in [3.05, 3.63) is 89.0 Å². The summed E-state index contributed by atoms with van der Waals surface area (Å²) < 4.78 is 81.0. The van der Waals surface area contributed by atoms with Crippen molar-refractivity contribution in [2.75, 3.05) is 11.6 Å². The number of halogens is 2. The molecule has 0 fully saturated rings. The van der Waals surface area contributed by atoms with Crippen LogP contribution in [0, 0.1) is 11.6 Å². The molecule has 1 aliphatic heterocycles. The molecule has 0 radical (unpaired) electrons. The van der Waals surface area contributed by atoms with E-state index in [9.17, 15) is 25.6 Å². The molecule has 1 aliphatic rings. The third kappa shape index (κ3) is 4.66. The maximum Gasteiger partial charge on any atom is 0.266 e. The number of nitrogens with zero attached hydrogens (tertiary/aromatic N) is 1. The van der Waals surface area contributed by atoms with Crippen LogP contribution in [-0.4, -0.2) is 29.1 Å². The molecule has 0 unspecified atom stereocenters. The maximum absolute atomic E-state index is 15.0. The third-order valence-electron chi connectivity index (χ3n) is 5.47. The van der Waals surface area contributed by atoms with E-state index in [0.717, 1.165) is 18.4 Å². The number of fused-ring (bicyclic) bond motifs is 1. The quantitative estimate of drug-likeness (QED) is 0.549. The number of sulfonamides is 1. The van der Waals surface area contributed by atoms with Gasteiger partial charge in [-0.3, -0.25) is 0 Å². The van der Waals surface area contributed by atoms with Crippen LogP contribution in [0.25, 0.3) is 0 Å². The molecule has 0 aliphatic carbocycles. The molecule has 3 aromatic carbocycles. The summed E-state index contributed by atoms with van der Waals surface area (Å²) in [6.07, 6.45) is 1.08. The lowest BCUT2D eigenvalue weighted by molar-refractivity contribution is 0.577. The number of hydrogen-bond donors (Lipinski definition) is 2. The molecule has 1 heterocycles. The predicted molar refractivity (Wildman–Crippen MR) is 125 cm³/mol. The van der Waals surface area contributed by atoms with Crippen LogP contribution in [0.3, 0.4) is 0 Å². The zero-order valence-electron chi connectivity index (χ0n) is 18.2. The molecule has 0 saturated heterocycles. The van der Waals surface area contributed by atoms with Gasteiger partial charge in [0.05, 0.1) is 17.1 Å². The van der Waals surface area contributed by atoms with E-state index in [1.807, 2.05) is 0 Å². The Hall–Kier alpha value is -3.31. The Morgan fingerprint density at radius 1 is 1.00 bits per heavy atom. The van der Waals surface area contributed by atoms with E-state index in [0.29, 0.717) is 5.56 Å². The number of rotatable bonds is 5. The Kier molecular flexibility index (Phi) is 6.17. The van der Waals surface area contributed by atoms with Gasteiger partial charge in [0.15, 0.2) is 9.84 Å². The molecule has 11 heteroatoms. The van der Waals surface area contributed by atoms with Crippen molar-refractivity contribution in [1.82, 2.24) is 4.72 Å². The maximum atomic E-state index is 15.0. The van der Waals surface area contributed by atoms with E-state index in [2.05, 4.69) is 15.0 Å². The molecule has 2 N–H and O–H groups in total. The van der Waals surface area contributed by atoms with Gasteiger partial charge in [-0.05, 0) is 41.5 Å². The second kappa shape index (κ2) is 8.80. The fraction of sp³-hybridized carbons (Fsp3) is 0.174. The standard InChI is InChI=1S/C23H21F2N3O4S2/c1-14(17-8-3-4-9-18(17)24)21-19(25)10-11-20-22(21)27-23(28-34(20,31)32)26-13-15-6-5-7-16(12-15)33(2,29)30/h3-12,14H,13H2,1-2H3,(H2,26,27,28)/t14-/m0/s1. The molecule has 3 aromatic rings. The molecule has 7 nitrogen and oxygen atoms in total. The van der Waals surface area contributed by atoms with Crippen LogP contribution in [0.1, 0.15) is 29.5 Å². The fourth-order valence-electron chi connectivity index (χ4n) is 3.77. The van der Waals surface area contributed by atoms with Gasteiger partial charge in [0.2, 0.25) is 5.96 Å². The van der Waals surface area contributed by atoms with Crippen molar-refractivity contribution < 1.29 is 25.6 Å². The van der Waals surface area contributed by atoms with Gasteiger partial charge in [-0.1, -0.05) is 37.3 Å². The molecule has 0 aromatic heterocycles. The lowest BCUT2D eigenvalue weighted by Gasteiger charge is -2.26. The van der Waals surface area contributed by atoms with E-state index in [1.165, 1.54) is 30.3 Å². The first-order valence-corrected chi connectivity index (χ1v) is 13.5. The van der Waals surface area contributed by atoms with Crippen molar-refractivity contribution >= 4 is 31.5 Å². The van der Waals surface area contributed by atoms with E-state index in [1.54, 1.807) is 25.1 Å². The first-order valence-electron chi connectivity index (χ1n) is 10.2. The number of guanidine groups is 1. The summed E-state index contributed by atoms with van der Waals surface area (Å²) in [7, 11) is -7.52. The summed E-state index contributed by atoms with van der Waals surface area (Å²) in [5.41, 5.74) is 0.697. The van der Waals surface area contributed by atoms with E-state index < -0.39 is 37.4 Å². The van der Waals surface area contributed by atoms with Crippen molar-refractivity contribution in [1.29, 1.82) is 0 Å². The number of sulfone groups is 1. The molecule has 1 atom stereocenters. The van der Waals surface area contributed by atoms with Crippen molar-refractivity contribution in [2.24, 2.45) is 4.99 Å². The first kappa shape index (κ1) is 23.8. The number of hydrogen-bond acceptors (Lipinski definition) is 5. The minimum atomic E-state index is -4.09. The average molecular weight is 506 g/mol. The molecule has 0 saturated carbocycles. The van der Waals surface area contributed by atoms with Gasteiger partial charge in [0, 0.05) is 17.7 Å². The number of anilines is 1. The van der Waals surface area contributed by atoms with Crippen molar-refractivity contribution in [2.45, 2.75) is 29.2 Å². The first-order chi connectivity index (χ1) is 16.0. The Labute approximate surface area is 196 Å². The average Bonchev–Trinajstić information content (AvgIpc) is 2.76. The summed E-state index contributed by atoms with van der Waals surface area (Å²) in [6.45, 7) is 1.54. The van der Waals surface area contributed by atoms with Crippen LogP contribution in [0.5, 0.6) is 0 Å². The molecule has 0 amide bonds. The highest BCUT2D eigenvalue weighted by atomic mass is 32.2. The Morgan fingerprint density at radius 3 is 2.44 bits per heavy atom. The summed E-state index contributed by atoms with van der Waals surface area (Å²) in [6, 6.07) is 14.2. The largest absolute Gasteiger partial charge is 0.324 e. The molecular formula is C23H21F2N3O4S2. The lowest BCUT2D eigenvalue weighted by Crippen LogP contribution is -2.41. The molecule has 178 valence electrons. The van der Waals surface area contributed by atoms with Gasteiger partial charge in [-0.15, -0.1) is 0 Å². The van der Waals surface area contributed by atoms with Gasteiger partial charge in [-0.25, -0.2) is 35.3 Å². The van der Waals surface area contributed by atoms with Crippen LogP contribution in [-0.2, 0) is 26.4 Å². The zero-order valence-corrected chi connectivity index (χ0v) is 19.8. The molecule has 0 spiro atoms. The summed E-state index contributed by atoms with van der Waals surface area (Å²) >= 11 is 0. The number of nitrogens with one attached hydrogen (secondary N) is 2. The molecule has 34 heavy (non-hydrogen) atoms. The Balaban J connectivity index is 1.74. The van der Waals surface area contributed by atoms with Crippen molar-refractivity contribution in [3.63, 3.8) is 0 Å². The van der Waals surface area contributed by atoms with E-state index in [4.69, 9.17) is 0 Å². The highest BCUT2D eigenvalue weighted by Gasteiger charge is 2.32. The summed E-state index contributed by atoms with van der Waals surface area (Å²) in [5.74, 6) is -2.20. The number of benzene rings is 3. The fourth-order valence-corrected chi connectivity index (χ4v) is 5.62. The van der Waals surface area contributed by atoms with Gasteiger partial charge >= 0.3 is 0 Å². The highest BCUT2D eigenvalue weighted by molar-refractivity contribution is 7.90. The minimum absolute atomic E-state index is 0.0144. The van der Waals surface area contributed by atoms with E-state index in [-0.39, 0.29) is 39.1 Å². The van der Waals surface area contributed by atoms with Crippen LogP contribution in [0.2, 0.25) is 0 Å². The zero-order chi connectivity index (χ0) is 24.7. The van der Waals surface area contributed by atoms with Gasteiger partial charge in [-0.2, -0.15) is 0 Å². The smallest absolute Gasteiger partial charge is 0.266 e. The monoisotopic (exact) mass is 505 g/mol. The normalized spacial score (nSPS) is 16.9. The van der Waals surface area contributed by atoms with Crippen LogP contribution < -0.4 is 10.0 Å². The van der Waals surface area contributed by atoms with Crippen LogP contribution >= 0.6 is 0 Å². The summed E-state index contributed by atoms with van der Waals surface area (Å²) in [5, 5.41) is 2.83. The molecular weight excluding hydrogens is 484 g/mol. The topological polar surface area (TPSA) is 105 Å². The van der Waals surface area contributed by atoms with E-state index >= 15 is 0 Å². The van der Waals surface area contributed by atoms with Crippen molar-refractivity contribution in [3.8, 4) is 0 Å². The van der Waals surface area contributed by atoms with Gasteiger partial charge in [0.1, 0.15) is 16.5 Å².